The van der Waals surface area contributed by atoms with E-state index in [1.54, 1.807) is 6.92 Å². The number of sulfonamides is 1. The average Bonchev–Trinajstić information content (AvgIpc) is 2.92. The summed E-state index contributed by atoms with van der Waals surface area (Å²) < 4.78 is 44.1. The summed E-state index contributed by atoms with van der Waals surface area (Å²) in [7, 11) is -0.650. The Bertz CT molecular complexity index is 1090. The summed E-state index contributed by atoms with van der Waals surface area (Å²) in [5, 5.41) is 3.18. The molecule has 0 bridgehead atoms. The summed E-state index contributed by atoms with van der Waals surface area (Å²) in [6.07, 6.45) is 0. The number of halogens is 1. The van der Waals surface area contributed by atoms with Gasteiger partial charge in [0.25, 0.3) is 5.91 Å². The number of fused-ring (bicyclic) bond motifs is 1. The van der Waals surface area contributed by atoms with Crippen molar-refractivity contribution in [2.45, 2.75) is 11.8 Å². The second-order valence-corrected chi connectivity index (χ2v) is 8.11. The standard InChI is InChI=1S/C18H17FN2O4S/c1-11-15-10-12(19)4-9-16(15)25-17(11)18(22)20-13-5-7-14(8-6-13)26(23,24)21(2)3/h4-10H,1-3H3,(H,20,22). The Morgan fingerprint density at radius 2 is 1.77 bits per heavy atom. The van der Waals surface area contributed by atoms with Crippen LogP contribution in [0.2, 0.25) is 0 Å². The number of benzene rings is 2. The first kappa shape index (κ1) is 18.1. The number of hydrogen-bond acceptors (Lipinski definition) is 4. The van der Waals surface area contributed by atoms with Gasteiger partial charge in [0.05, 0.1) is 4.90 Å². The predicted octanol–water partition coefficient (Wildman–Crippen LogP) is 3.38. The van der Waals surface area contributed by atoms with Crippen molar-refractivity contribution < 1.29 is 22.0 Å². The van der Waals surface area contributed by atoms with Gasteiger partial charge in [-0.25, -0.2) is 17.1 Å². The molecule has 2 aromatic carbocycles. The van der Waals surface area contributed by atoms with Crippen LogP contribution >= 0.6 is 0 Å². The van der Waals surface area contributed by atoms with Crippen molar-refractivity contribution >= 4 is 32.6 Å². The third-order valence-electron chi connectivity index (χ3n) is 4.00. The number of furan rings is 1. The maximum absolute atomic E-state index is 13.4. The van der Waals surface area contributed by atoms with E-state index in [0.717, 1.165) is 4.31 Å². The van der Waals surface area contributed by atoms with E-state index >= 15 is 0 Å². The fourth-order valence-electron chi connectivity index (χ4n) is 2.52. The Morgan fingerprint density at radius 1 is 1.12 bits per heavy atom. The van der Waals surface area contributed by atoms with Gasteiger partial charge < -0.3 is 9.73 Å². The molecule has 0 saturated heterocycles. The van der Waals surface area contributed by atoms with Gasteiger partial charge in [0, 0.05) is 30.7 Å². The molecule has 0 aliphatic heterocycles. The number of hydrogen-bond donors (Lipinski definition) is 1. The van der Waals surface area contributed by atoms with Gasteiger partial charge in [0.1, 0.15) is 11.4 Å². The van der Waals surface area contributed by atoms with Crippen molar-refractivity contribution in [3.8, 4) is 0 Å². The Balaban J connectivity index is 1.86. The molecular formula is C18H17FN2O4S. The van der Waals surface area contributed by atoms with E-state index in [9.17, 15) is 17.6 Å². The number of carbonyl (C=O) groups excluding carboxylic acids is 1. The maximum atomic E-state index is 13.4. The number of nitrogens with zero attached hydrogens (tertiary/aromatic N) is 1. The molecule has 26 heavy (non-hydrogen) atoms. The van der Waals surface area contributed by atoms with Crippen LogP contribution in [-0.4, -0.2) is 32.7 Å². The topological polar surface area (TPSA) is 79.6 Å². The largest absolute Gasteiger partial charge is 0.451 e. The first-order chi connectivity index (χ1) is 12.2. The number of aryl methyl sites for hydroxylation is 1. The van der Waals surface area contributed by atoms with Crippen LogP contribution in [-0.2, 0) is 10.0 Å². The molecule has 0 fully saturated rings. The van der Waals surface area contributed by atoms with Gasteiger partial charge in [0.2, 0.25) is 10.0 Å². The summed E-state index contributed by atoms with van der Waals surface area (Å²) in [6.45, 7) is 1.67. The van der Waals surface area contributed by atoms with Crippen LogP contribution in [0.5, 0.6) is 0 Å². The molecule has 1 amide bonds. The molecule has 3 rings (SSSR count). The average molecular weight is 376 g/mol. The molecule has 0 atom stereocenters. The highest BCUT2D eigenvalue weighted by Crippen LogP contribution is 2.27. The van der Waals surface area contributed by atoms with Crippen molar-refractivity contribution in [1.82, 2.24) is 4.31 Å². The van der Waals surface area contributed by atoms with E-state index in [0.29, 0.717) is 22.2 Å². The highest BCUT2D eigenvalue weighted by atomic mass is 32.2. The fourth-order valence-corrected chi connectivity index (χ4v) is 3.42. The first-order valence-corrected chi connectivity index (χ1v) is 9.17. The van der Waals surface area contributed by atoms with Gasteiger partial charge in [-0.05, 0) is 49.4 Å². The molecular weight excluding hydrogens is 359 g/mol. The molecule has 136 valence electrons. The number of amides is 1. The smallest absolute Gasteiger partial charge is 0.291 e. The molecule has 1 N–H and O–H groups in total. The quantitative estimate of drug-likeness (QED) is 0.757. The minimum Gasteiger partial charge on any atom is -0.451 e. The molecule has 6 nitrogen and oxygen atoms in total. The highest BCUT2D eigenvalue weighted by molar-refractivity contribution is 7.89. The van der Waals surface area contributed by atoms with E-state index in [4.69, 9.17) is 4.42 Å². The van der Waals surface area contributed by atoms with E-state index in [2.05, 4.69) is 5.32 Å². The molecule has 0 unspecified atom stereocenters. The van der Waals surface area contributed by atoms with Crippen molar-refractivity contribution in [1.29, 1.82) is 0 Å². The maximum Gasteiger partial charge on any atom is 0.291 e. The van der Waals surface area contributed by atoms with E-state index in [1.165, 1.54) is 56.6 Å². The first-order valence-electron chi connectivity index (χ1n) is 7.73. The Hall–Kier alpha value is -2.71. The zero-order chi connectivity index (χ0) is 19.1. The second-order valence-electron chi connectivity index (χ2n) is 5.96. The van der Waals surface area contributed by atoms with Crippen LogP contribution in [0.15, 0.2) is 51.8 Å². The Kier molecular flexibility index (Phi) is 4.55. The van der Waals surface area contributed by atoms with Crippen LogP contribution in [0, 0.1) is 12.7 Å². The van der Waals surface area contributed by atoms with Crippen LogP contribution in [0.25, 0.3) is 11.0 Å². The van der Waals surface area contributed by atoms with Crippen LogP contribution in [0.4, 0.5) is 10.1 Å². The lowest BCUT2D eigenvalue weighted by Gasteiger charge is -2.11. The van der Waals surface area contributed by atoms with Gasteiger partial charge in [-0.1, -0.05) is 0 Å². The highest BCUT2D eigenvalue weighted by Gasteiger charge is 2.20. The lowest BCUT2D eigenvalue weighted by atomic mass is 10.1. The Labute approximate surface area is 150 Å². The van der Waals surface area contributed by atoms with E-state index in [1.807, 2.05) is 0 Å². The summed E-state index contributed by atoms with van der Waals surface area (Å²) in [5.41, 5.74) is 1.36. The Morgan fingerprint density at radius 3 is 2.38 bits per heavy atom. The minimum atomic E-state index is -3.54. The van der Waals surface area contributed by atoms with Crippen molar-refractivity contribution in [2.24, 2.45) is 0 Å². The second kappa shape index (κ2) is 6.54. The number of carbonyl (C=O) groups is 1. The minimum absolute atomic E-state index is 0.0792. The monoisotopic (exact) mass is 376 g/mol. The normalized spacial score (nSPS) is 11.9. The molecule has 1 aromatic heterocycles. The van der Waals surface area contributed by atoms with Crippen molar-refractivity contribution in [3.63, 3.8) is 0 Å². The molecule has 1 heterocycles. The molecule has 3 aromatic rings. The van der Waals surface area contributed by atoms with Gasteiger partial charge in [0.15, 0.2) is 5.76 Å². The molecule has 0 aliphatic rings. The van der Waals surface area contributed by atoms with E-state index in [-0.39, 0.29) is 10.7 Å². The van der Waals surface area contributed by atoms with Crippen LogP contribution in [0.3, 0.4) is 0 Å². The van der Waals surface area contributed by atoms with Gasteiger partial charge in [-0.2, -0.15) is 0 Å². The summed E-state index contributed by atoms with van der Waals surface area (Å²) >= 11 is 0. The SMILES string of the molecule is Cc1c(C(=O)Nc2ccc(S(=O)(=O)N(C)C)cc2)oc2ccc(F)cc12. The van der Waals surface area contributed by atoms with E-state index < -0.39 is 21.7 Å². The summed E-state index contributed by atoms with van der Waals surface area (Å²) in [6, 6.07) is 9.84. The lowest BCUT2D eigenvalue weighted by molar-refractivity contribution is 0.0998. The zero-order valence-corrected chi connectivity index (χ0v) is 15.2. The predicted molar refractivity (Wildman–Crippen MR) is 96.2 cm³/mol. The molecule has 0 aliphatic carbocycles. The summed E-state index contributed by atoms with van der Waals surface area (Å²) in [4.78, 5) is 12.6. The van der Waals surface area contributed by atoms with Crippen LogP contribution in [0.1, 0.15) is 16.1 Å². The number of anilines is 1. The van der Waals surface area contributed by atoms with Gasteiger partial charge in [-0.15, -0.1) is 0 Å². The van der Waals surface area contributed by atoms with Gasteiger partial charge >= 0.3 is 0 Å². The third-order valence-corrected chi connectivity index (χ3v) is 5.82. The van der Waals surface area contributed by atoms with Crippen LogP contribution < -0.4 is 5.32 Å². The molecule has 0 spiro atoms. The fraction of sp³-hybridized carbons (Fsp3) is 0.167. The number of nitrogens with one attached hydrogen (secondary N) is 1. The number of rotatable bonds is 4. The molecule has 8 heteroatoms. The van der Waals surface area contributed by atoms with Gasteiger partial charge in [-0.3, -0.25) is 4.79 Å². The van der Waals surface area contributed by atoms with Crippen molar-refractivity contribution in [2.75, 3.05) is 19.4 Å². The van der Waals surface area contributed by atoms with Crippen molar-refractivity contribution in [3.05, 3.63) is 59.6 Å². The molecule has 0 saturated carbocycles. The zero-order valence-electron chi connectivity index (χ0n) is 14.4. The third kappa shape index (κ3) is 3.21. The lowest BCUT2D eigenvalue weighted by Crippen LogP contribution is -2.22. The summed E-state index contributed by atoms with van der Waals surface area (Å²) in [5.74, 6) is -0.830. The molecule has 0 radical (unpaired) electrons.